The van der Waals surface area contributed by atoms with Crippen LogP contribution < -0.4 is 5.32 Å². The predicted molar refractivity (Wildman–Crippen MR) is 83.1 cm³/mol. The van der Waals surface area contributed by atoms with Crippen molar-refractivity contribution in [3.63, 3.8) is 0 Å². The van der Waals surface area contributed by atoms with Gasteiger partial charge in [-0.25, -0.2) is 18.7 Å². The van der Waals surface area contributed by atoms with E-state index in [1.54, 1.807) is 0 Å². The Hall–Kier alpha value is -1.27. The third-order valence-corrected chi connectivity index (χ3v) is 3.57. The summed E-state index contributed by atoms with van der Waals surface area (Å²) >= 11 is 8.79. The van der Waals surface area contributed by atoms with Crippen LogP contribution in [0.1, 0.15) is 26.6 Å². The summed E-state index contributed by atoms with van der Waals surface area (Å²) in [7, 11) is 0. The van der Waals surface area contributed by atoms with Gasteiger partial charge in [0.2, 0.25) is 0 Å². The van der Waals surface area contributed by atoms with Gasteiger partial charge in [0, 0.05) is 17.2 Å². The molecular weight excluding hydrogens is 364 g/mol. The molecule has 0 saturated heterocycles. The summed E-state index contributed by atoms with van der Waals surface area (Å²) in [4.78, 5) is 8.47. The number of hydrogen-bond donors (Lipinski definition) is 1. The van der Waals surface area contributed by atoms with E-state index in [1.807, 2.05) is 20.8 Å². The van der Waals surface area contributed by atoms with Gasteiger partial charge in [0.25, 0.3) is 0 Å². The lowest BCUT2D eigenvalue weighted by Gasteiger charge is -2.18. The third-order valence-electron chi connectivity index (χ3n) is 2.62. The number of rotatable bonds is 2. The van der Waals surface area contributed by atoms with E-state index >= 15 is 0 Å². The molecule has 1 N–H and O–H groups in total. The van der Waals surface area contributed by atoms with Crippen molar-refractivity contribution < 1.29 is 8.78 Å². The van der Waals surface area contributed by atoms with Gasteiger partial charge in [0.15, 0.2) is 0 Å². The zero-order chi connectivity index (χ0) is 15.8. The molecule has 0 radical (unpaired) electrons. The fourth-order valence-electron chi connectivity index (χ4n) is 1.59. The van der Waals surface area contributed by atoms with Crippen LogP contribution in [0.15, 0.2) is 22.7 Å². The Kier molecular flexibility index (Phi) is 4.49. The molecular formula is C14H13BrClF2N3. The summed E-state index contributed by atoms with van der Waals surface area (Å²) in [6.45, 7) is 5.84. The number of aromatic nitrogens is 2. The number of halogens is 4. The lowest BCUT2D eigenvalue weighted by Crippen LogP contribution is -2.16. The molecule has 21 heavy (non-hydrogen) atoms. The van der Waals surface area contributed by atoms with Crippen LogP contribution in [0.2, 0.25) is 5.15 Å². The molecule has 0 amide bonds. The molecule has 0 unspecified atom stereocenters. The number of hydrogen-bond acceptors (Lipinski definition) is 3. The van der Waals surface area contributed by atoms with Crippen molar-refractivity contribution in [2.75, 3.05) is 5.32 Å². The molecule has 112 valence electrons. The van der Waals surface area contributed by atoms with Crippen LogP contribution in [0.5, 0.6) is 0 Å². The van der Waals surface area contributed by atoms with E-state index in [0.717, 1.165) is 0 Å². The van der Waals surface area contributed by atoms with Gasteiger partial charge in [-0.05, 0) is 28.1 Å². The van der Waals surface area contributed by atoms with Gasteiger partial charge >= 0.3 is 0 Å². The van der Waals surface area contributed by atoms with Crippen molar-refractivity contribution >= 4 is 39.0 Å². The maximum Gasteiger partial charge on any atom is 0.142 e. The molecule has 0 aliphatic rings. The zero-order valence-electron chi connectivity index (χ0n) is 11.6. The Balaban J connectivity index is 2.38. The van der Waals surface area contributed by atoms with Crippen molar-refractivity contribution in [1.29, 1.82) is 0 Å². The van der Waals surface area contributed by atoms with E-state index < -0.39 is 11.6 Å². The maximum absolute atomic E-state index is 13.5. The van der Waals surface area contributed by atoms with Crippen LogP contribution in [0.25, 0.3) is 0 Å². The Morgan fingerprint density at radius 3 is 2.19 bits per heavy atom. The van der Waals surface area contributed by atoms with Gasteiger partial charge in [0.05, 0.1) is 4.47 Å². The average Bonchev–Trinajstić information content (AvgIpc) is 2.34. The minimum atomic E-state index is -0.700. The molecule has 7 heteroatoms. The lowest BCUT2D eigenvalue weighted by atomic mass is 9.96. The van der Waals surface area contributed by atoms with Crippen LogP contribution in [-0.2, 0) is 5.41 Å². The number of nitrogens with one attached hydrogen (secondary N) is 1. The largest absolute Gasteiger partial charge is 0.340 e. The first-order chi connectivity index (χ1) is 9.66. The van der Waals surface area contributed by atoms with E-state index in [2.05, 4.69) is 31.2 Å². The third kappa shape index (κ3) is 3.89. The normalized spacial score (nSPS) is 11.6. The predicted octanol–water partition coefficient (Wildman–Crippen LogP) is 5.21. The van der Waals surface area contributed by atoms with Gasteiger partial charge in [-0.2, -0.15) is 0 Å². The van der Waals surface area contributed by atoms with Crippen LogP contribution in [0, 0.1) is 11.6 Å². The van der Waals surface area contributed by atoms with Gasteiger partial charge in [-0.3, -0.25) is 0 Å². The molecule has 0 atom stereocenters. The number of nitrogens with zero attached hydrogens (tertiary/aromatic N) is 2. The van der Waals surface area contributed by atoms with Gasteiger partial charge in [-0.15, -0.1) is 0 Å². The summed E-state index contributed by atoms with van der Waals surface area (Å²) < 4.78 is 26.8. The first-order valence-electron chi connectivity index (χ1n) is 6.13. The fourth-order valence-corrected chi connectivity index (χ4v) is 2.00. The quantitative estimate of drug-likeness (QED) is 0.577. The Labute approximate surface area is 134 Å². The molecule has 0 fully saturated rings. The van der Waals surface area contributed by atoms with Crippen molar-refractivity contribution in [2.24, 2.45) is 0 Å². The van der Waals surface area contributed by atoms with E-state index in [-0.39, 0.29) is 20.7 Å². The van der Waals surface area contributed by atoms with Crippen molar-refractivity contribution in [3.05, 3.63) is 45.3 Å². The highest BCUT2D eigenvalue weighted by Crippen LogP contribution is 2.27. The van der Waals surface area contributed by atoms with Crippen molar-refractivity contribution in [1.82, 2.24) is 9.97 Å². The summed E-state index contributed by atoms with van der Waals surface area (Å²) in [5.41, 5.74) is -0.0554. The number of anilines is 2. The molecule has 0 aliphatic carbocycles. The first-order valence-corrected chi connectivity index (χ1v) is 7.30. The topological polar surface area (TPSA) is 37.8 Å². The monoisotopic (exact) mass is 375 g/mol. The molecule has 1 aromatic carbocycles. The Morgan fingerprint density at radius 1 is 1.10 bits per heavy atom. The SMILES string of the molecule is CC(C)(C)c1nc(Cl)cc(Nc2cc(F)c(Br)c(F)c2)n1. The molecule has 2 aromatic rings. The summed E-state index contributed by atoms with van der Waals surface area (Å²) in [5, 5.41) is 3.09. The summed E-state index contributed by atoms with van der Waals surface area (Å²) in [5.74, 6) is -0.487. The van der Waals surface area contributed by atoms with Gasteiger partial charge in [-0.1, -0.05) is 32.4 Å². The smallest absolute Gasteiger partial charge is 0.142 e. The second-order valence-electron chi connectivity index (χ2n) is 5.53. The van der Waals surface area contributed by atoms with Crippen LogP contribution >= 0.6 is 27.5 Å². The Morgan fingerprint density at radius 2 is 1.67 bits per heavy atom. The second-order valence-corrected chi connectivity index (χ2v) is 6.71. The van der Waals surface area contributed by atoms with E-state index in [1.165, 1.54) is 18.2 Å². The van der Waals surface area contributed by atoms with Crippen LogP contribution in [0.3, 0.4) is 0 Å². The first kappa shape index (κ1) is 16.1. The molecule has 1 aromatic heterocycles. The molecule has 1 heterocycles. The molecule has 0 spiro atoms. The average molecular weight is 377 g/mol. The zero-order valence-corrected chi connectivity index (χ0v) is 14.0. The molecule has 0 bridgehead atoms. The molecule has 2 rings (SSSR count). The van der Waals surface area contributed by atoms with Crippen molar-refractivity contribution in [2.45, 2.75) is 26.2 Å². The van der Waals surface area contributed by atoms with Crippen molar-refractivity contribution in [3.8, 4) is 0 Å². The standard InChI is InChI=1S/C14H13BrClF2N3/c1-14(2,3)13-20-10(16)6-11(21-13)19-7-4-8(17)12(15)9(18)5-7/h4-6H,1-3H3,(H,19,20,21). The van der Waals surface area contributed by atoms with E-state index in [4.69, 9.17) is 11.6 Å². The summed E-state index contributed by atoms with van der Waals surface area (Å²) in [6, 6.07) is 3.83. The van der Waals surface area contributed by atoms with E-state index in [9.17, 15) is 8.78 Å². The minimum Gasteiger partial charge on any atom is -0.340 e. The highest BCUT2D eigenvalue weighted by atomic mass is 79.9. The summed E-state index contributed by atoms with van der Waals surface area (Å²) in [6.07, 6.45) is 0. The highest BCUT2D eigenvalue weighted by molar-refractivity contribution is 9.10. The number of benzene rings is 1. The van der Waals surface area contributed by atoms with Gasteiger partial charge in [0.1, 0.15) is 28.4 Å². The molecule has 0 aliphatic heterocycles. The minimum absolute atomic E-state index is 0.204. The van der Waals surface area contributed by atoms with Crippen LogP contribution in [-0.4, -0.2) is 9.97 Å². The molecule has 0 saturated carbocycles. The maximum atomic E-state index is 13.5. The highest BCUT2D eigenvalue weighted by Gasteiger charge is 2.19. The second kappa shape index (κ2) is 5.85. The Bertz CT molecular complexity index is 663. The molecule has 3 nitrogen and oxygen atoms in total. The van der Waals surface area contributed by atoms with Crippen LogP contribution in [0.4, 0.5) is 20.3 Å². The fraction of sp³-hybridized carbons (Fsp3) is 0.286. The van der Waals surface area contributed by atoms with Gasteiger partial charge < -0.3 is 5.32 Å². The lowest BCUT2D eigenvalue weighted by molar-refractivity contribution is 0.546. The van der Waals surface area contributed by atoms with E-state index in [0.29, 0.717) is 11.6 Å².